The number of hydrogen-bond donors (Lipinski definition) is 0. The molecule has 0 amide bonds. The molecule has 1 aromatic carbocycles. The first kappa shape index (κ1) is 15.3. The van der Waals surface area contributed by atoms with Gasteiger partial charge in [-0.25, -0.2) is 0 Å². The molecular weight excluding hydrogens is 319 g/mol. The molecular formula is C13H16BrClO3. The normalized spacial score (nSPS) is 11.2. The van der Waals surface area contributed by atoms with Gasteiger partial charge in [0.25, 0.3) is 0 Å². The molecule has 0 fully saturated rings. The van der Waals surface area contributed by atoms with Crippen LogP contribution in [0.1, 0.15) is 27.2 Å². The van der Waals surface area contributed by atoms with Crippen molar-refractivity contribution in [3.63, 3.8) is 0 Å². The highest BCUT2D eigenvalue weighted by molar-refractivity contribution is 9.10. The van der Waals surface area contributed by atoms with E-state index in [9.17, 15) is 4.79 Å². The van der Waals surface area contributed by atoms with Gasteiger partial charge in [0, 0.05) is 5.02 Å². The van der Waals surface area contributed by atoms with E-state index in [0.717, 1.165) is 4.47 Å². The zero-order valence-corrected chi connectivity index (χ0v) is 13.0. The predicted molar refractivity (Wildman–Crippen MR) is 75.1 cm³/mol. The molecule has 0 unspecified atom stereocenters. The maximum atomic E-state index is 11.5. The molecule has 3 nitrogen and oxygen atoms in total. The van der Waals surface area contributed by atoms with E-state index in [1.165, 1.54) is 0 Å². The molecule has 0 saturated carbocycles. The second-order valence-corrected chi connectivity index (χ2v) is 6.05. The molecule has 5 heteroatoms. The van der Waals surface area contributed by atoms with Crippen LogP contribution in [0.5, 0.6) is 5.75 Å². The fraction of sp³-hybridized carbons (Fsp3) is 0.462. The Balaban J connectivity index is 2.40. The Kier molecular flexibility index (Phi) is 5.47. The lowest BCUT2D eigenvalue weighted by molar-refractivity contribution is -0.155. The van der Waals surface area contributed by atoms with E-state index in [4.69, 9.17) is 21.1 Å². The van der Waals surface area contributed by atoms with E-state index in [-0.39, 0.29) is 19.0 Å². The van der Waals surface area contributed by atoms with Gasteiger partial charge >= 0.3 is 5.97 Å². The van der Waals surface area contributed by atoms with Crippen LogP contribution in [0.25, 0.3) is 0 Å². The van der Waals surface area contributed by atoms with Crippen LogP contribution in [0, 0.1) is 0 Å². The Labute approximate surface area is 121 Å². The van der Waals surface area contributed by atoms with Gasteiger partial charge in [-0.15, -0.1) is 0 Å². The quantitative estimate of drug-likeness (QED) is 0.773. The molecule has 18 heavy (non-hydrogen) atoms. The molecule has 0 aromatic heterocycles. The topological polar surface area (TPSA) is 35.5 Å². The molecule has 1 aromatic rings. The Hall–Kier alpha value is -0.740. The average Bonchev–Trinajstić information content (AvgIpc) is 2.18. The van der Waals surface area contributed by atoms with Crippen molar-refractivity contribution >= 4 is 33.5 Å². The van der Waals surface area contributed by atoms with Crippen molar-refractivity contribution in [2.75, 3.05) is 6.61 Å². The Morgan fingerprint density at radius 2 is 2.06 bits per heavy atom. The molecule has 0 atom stereocenters. The van der Waals surface area contributed by atoms with Crippen molar-refractivity contribution in [3.8, 4) is 5.75 Å². The second kappa shape index (κ2) is 6.43. The smallest absolute Gasteiger partial charge is 0.309 e. The number of ether oxygens (including phenoxy) is 2. The molecule has 0 N–H and O–H groups in total. The lowest BCUT2D eigenvalue weighted by Crippen LogP contribution is -2.24. The predicted octanol–water partition coefficient (Wildman–Crippen LogP) is 4.21. The number of halogens is 2. The van der Waals surface area contributed by atoms with Crippen LogP contribution in [-0.2, 0) is 9.53 Å². The first-order valence-corrected chi connectivity index (χ1v) is 6.75. The number of benzene rings is 1. The van der Waals surface area contributed by atoms with Gasteiger partial charge in [-0.05, 0) is 54.9 Å². The number of carbonyl (C=O) groups is 1. The van der Waals surface area contributed by atoms with E-state index < -0.39 is 5.60 Å². The molecule has 1 rings (SSSR count). The first-order valence-electron chi connectivity index (χ1n) is 5.57. The zero-order chi connectivity index (χ0) is 13.8. The highest BCUT2D eigenvalue weighted by Gasteiger charge is 2.16. The molecule has 0 heterocycles. The van der Waals surface area contributed by atoms with Crippen molar-refractivity contribution in [3.05, 3.63) is 27.7 Å². The monoisotopic (exact) mass is 334 g/mol. The SMILES string of the molecule is CC(C)(C)OC(=O)CCOc1ccc(Cl)cc1Br. The third kappa shape index (κ3) is 5.74. The minimum absolute atomic E-state index is 0.215. The molecule has 0 bridgehead atoms. The van der Waals surface area contributed by atoms with E-state index in [1.807, 2.05) is 20.8 Å². The highest BCUT2D eigenvalue weighted by atomic mass is 79.9. The summed E-state index contributed by atoms with van der Waals surface area (Å²) in [5.74, 6) is 0.385. The summed E-state index contributed by atoms with van der Waals surface area (Å²) in [7, 11) is 0. The molecule has 0 aliphatic heterocycles. The van der Waals surface area contributed by atoms with E-state index in [2.05, 4.69) is 15.9 Å². The summed E-state index contributed by atoms with van der Waals surface area (Å²) in [5, 5.41) is 0.626. The van der Waals surface area contributed by atoms with Gasteiger partial charge < -0.3 is 9.47 Å². The minimum Gasteiger partial charge on any atom is -0.492 e. The van der Waals surface area contributed by atoms with E-state index in [1.54, 1.807) is 18.2 Å². The fourth-order valence-corrected chi connectivity index (χ4v) is 2.03. The number of rotatable bonds is 4. The van der Waals surface area contributed by atoms with E-state index >= 15 is 0 Å². The van der Waals surface area contributed by atoms with Crippen LogP contribution < -0.4 is 4.74 Å². The molecule has 0 aliphatic rings. The van der Waals surface area contributed by atoms with Gasteiger partial charge in [0.05, 0.1) is 17.5 Å². The van der Waals surface area contributed by atoms with Crippen LogP contribution in [0.3, 0.4) is 0 Å². The third-order valence-corrected chi connectivity index (χ3v) is 2.73. The van der Waals surface area contributed by atoms with E-state index in [0.29, 0.717) is 10.8 Å². The number of esters is 1. The second-order valence-electron chi connectivity index (χ2n) is 4.76. The van der Waals surface area contributed by atoms with Crippen molar-refractivity contribution in [1.82, 2.24) is 0 Å². The Morgan fingerprint density at radius 3 is 2.61 bits per heavy atom. The van der Waals surface area contributed by atoms with Gasteiger partial charge in [0.1, 0.15) is 11.4 Å². The Morgan fingerprint density at radius 1 is 1.39 bits per heavy atom. The molecule has 0 aliphatic carbocycles. The standard InChI is InChI=1S/C13H16BrClO3/c1-13(2,3)18-12(16)6-7-17-11-5-4-9(15)8-10(11)14/h4-5,8H,6-7H2,1-3H3. The third-order valence-electron chi connectivity index (χ3n) is 1.88. The highest BCUT2D eigenvalue weighted by Crippen LogP contribution is 2.28. The van der Waals surface area contributed by atoms with Crippen molar-refractivity contribution in [1.29, 1.82) is 0 Å². The average molecular weight is 336 g/mol. The fourth-order valence-electron chi connectivity index (χ4n) is 1.23. The molecule has 0 saturated heterocycles. The van der Waals surface area contributed by atoms with Gasteiger partial charge in [0.15, 0.2) is 0 Å². The molecule has 0 radical (unpaired) electrons. The summed E-state index contributed by atoms with van der Waals surface area (Å²) in [6.45, 7) is 5.78. The first-order chi connectivity index (χ1) is 8.28. The molecule has 0 spiro atoms. The number of hydrogen-bond acceptors (Lipinski definition) is 3. The van der Waals surface area contributed by atoms with Gasteiger partial charge in [-0.3, -0.25) is 4.79 Å². The summed E-state index contributed by atoms with van der Waals surface area (Å²) < 4.78 is 11.4. The van der Waals surface area contributed by atoms with Crippen LogP contribution in [0.4, 0.5) is 0 Å². The van der Waals surface area contributed by atoms with Crippen molar-refractivity contribution < 1.29 is 14.3 Å². The lowest BCUT2D eigenvalue weighted by atomic mass is 10.2. The Bertz CT molecular complexity index is 427. The summed E-state index contributed by atoms with van der Waals surface area (Å²) in [6.07, 6.45) is 0.215. The summed E-state index contributed by atoms with van der Waals surface area (Å²) in [6, 6.07) is 5.22. The summed E-state index contributed by atoms with van der Waals surface area (Å²) in [5.41, 5.74) is -0.460. The van der Waals surface area contributed by atoms with Crippen LogP contribution in [0.15, 0.2) is 22.7 Å². The maximum Gasteiger partial charge on any atom is 0.309 e. The van der Waals surface area contributed by atoms with Gasteiger partial charge in [0.2, 0.25) is 0 Å². The van der Waals surface area contributed by atoms with Crippen LogP contribution >= 0.6 is 27.5 Å². The minimum atomic E-state index is -0.460. The van der Waals surface area contributed by atoms with Crippen molar-refractivity contribution in [2.24, 2.45) is 0 Å². The van der Waals surface area contributed by atoms with Crippen molar-refractivity contribution in [2.45, 2.75) is 32.8 Å². The zero-order valence-electron chi connectivity index (χ0n) is 10.6. The van der Waals surface area contributed by atoms with Gasteiger partial charge in [-0.1, -0.05) is 11.6 Å². The van der Waals surface area contributed by atoms with Crippen LogP contribution in [-0.4, -0.2) is 18.2 Å². The van der Waals surface area contributed by atoms with Crippen LogP contribution in [0.2, 0.25) is 5.02 Å². The lowest BCUT2D eigenvalue weighted by Gasteiger charge is -2.19. The summed E-state index contributed by atoms with van der Waals surface area (Å²) >= 11 is 9.15. The summed E-state index contributed by atoms with van der Waals surface area (Å²) in [4.78, 5) is 11.5. The molecule has 100 valence electrons. The number of carbonyl (C=O) groups excluding carboxylic acids is 1. The largest absolute Gasteiger partial charge is 0.492 e. The van der Waals surface area contributed by atoms with Gasteiger partial charge in [-0.2, -0.15) is 0 Å². The maximum absolute atomic E-state index is 11.5.